The summed E-state index contributed by atoms with van der Waals surface area (Å²) in [4.78, 5) is 12.3. The van der Waals surface area contributed by atoms with Crippen LogP contribution in [0, 0.1) is 5.92 Å². The second-order valence-electron chi connectivity index (χ2n) is 7.97. The third-order valence-electron chi connectivity index (χ3n) is 5.88. The Morgan fingerprint density at radius 2 is 1.81 bits per heavy atom. The van der Waals surface area contributed by atoms with Gasteiger partial charge in [-0.1, -0.05) is 50.1 Å². The van der Waals surface area contributed by atoms with Crippen LogP contribution >= 0.6 is 11.8 Å². The van der Waals surface area contributed by atoms with Crippen molar-refractivity contribution in [3.8, 4) is 5.75 Å². The van der Waals surface area contributed by atoms with E-state index in [0.717, 1.165) is 30.6 Å². The molecule has 3 atom stereocenters. The normalized spacial score (nSPS) is 21.9. The Labute approximate surface area is 195 Å². The number of rotatable bonds is 10. The SMILES string of the molecule is CCCCCS[C@@H]1C[C@@H](c2ccc(OC)cc2)N(S(=O)(=O)c2ccccc2)C[C@H]1C(=O)O. The minimum absolute atomic E-state index is 0.0469. The maximum atomic E-state index is 13.6. The van der Waals surface area contributed by atoms with E-state index in [-0.39, 0.29) is 16.7 Å². The van der Waals surface area contributed by atoms with Gasteiger partial charge in [0, 0.05) is 11.8 Å². The first kappa shape index (κ1) is 24.6. The second-order valence-corrected chi connectivity index (χ2v) is 11.2. The van der Waals surface area contributed by atoms with Crippen LogP contribution in [0.25, 0.3) is 0 Å². The van der Waals surface area contributed by atoms with E-state index in [4.69, 9.17) is 4.74 Å². The maximum Gasteiger partial charge on any atom is 0.308 e. The highest BCUT2D eigenvalue weighted by Gasteiger charge is 2.45. The van der Waals surface area contributed by atoms with Gasteiger partial charge in [-0.25, -0.2) is 8.42 Å². The smallest absolute Gasteiger partial charge is 0.308 e. The van der Waals surface area contributed by atoms with Crippen LogP contribution in [0.3, 0.4) is 0 Å². The van der Waals surface area contributed by atoms with Crippen LogP contribution in [0.15, 0.2) is 59.5 Å². The Bertz CT molecular complexity index is 979. The van der Waals surface area contributed by atoms with E-state index < -0.39 is 28.0 Å². The van der Waals surface area contributed by atoms with E-state index >= 15 is 0 Å². The summed E-state index contributed by atoms with van der Waals surface area (Å²) in [6, 6.07) is 15.2. The number of piperidine rings is 1. The number of carbonyl (C=O) groups is 1. The average molecular weight is 478 g/mol. The van der Waals surface area contributed by atoms with Gasteiger partial charge in [-0.05, 0) is 48.4 Å². The van der Waals surface area contributed by atoms with Crippen molar-refractivity contribution in [2.24, 2.45) is 5.92 Å². The van der Waals surface area contributed by atoms with Crippen LogP contribution in [0.4, 0.5) is 0 Å². The molecule has 0 aromatic heterocycles. The molecule has 1 N–H and O–H groups in total. The molecule has 0 amide bonds. The van der Waals surface area contributed by atoms with E-state index in [1.807, 2.05) is 24.3 Å². The van der Waals surface area contributed by atoms with Crippen LogP contribution in [0.5, 0.6) is 5.75 Å². The van der Waals surface area contributed by atoms with Crippen LogP contribution in [-0.2, 0) is 14.8 Å². The van der Waals surface area contributed by atoms with Crippen molar-refractivity contribution < 1.29 is 23.1 Å². The summed E-state index contributed by atoms with van der Waals surface area (Å²) in [6.45, 7) is 2.09. The molecule has 174 valence electrons. The van der Waals surface area contributed by atoms with E-state index in [1.165, 1.54) is 4.31 Å². The van der Waals surface area contributed by atoms with Gasteiger partial charge in [0.05, 0.1) is 24.0 Å². The van der Waals surface area contributed by atoms with Gasteiger partial charge in [0.15, 0.2) is 0 Å². The lowest BCUT2D eigenvalue weighted by molar-refractivity contribution is -0.143. The minimum Gasteiger partial charge on any atom is -0.497 e. The van der Waals surface area contributed by atoms with Gasteiger partial charge < -0.3 is 9.84 Å². The zero-order chi connectivity index (χ0) is 23.1. The fourth-order valence-corrected chi connectivity index (χ4v) is 7.17. The molecule has 0 radical (unpaired) electrons. The average Bonchev–Trinajstić information content (AvgIpc) is 2.82. The van der Waals surface area contributed by atoms with Gasteiger partial charge in [0.2, 0.25) is 10.0 Å². The number of carboxylic acid groups (broad SMARTS) is 1. The zero-order valence-corrected chi connectivity index (χ0v) is 20.1. The number of sulfonamides is 1. The van der Waals surface area contributed by atoms with E-state index in [1.54, 1.807) is 49.2 Å². The molecular weight excluding hydrogens is 446 g/mol. The van der Waals surface area contributed by atoms with Crippen LogP contribution in [0.1, 0.15) is 44.2 Å². The van der Waals surface area contributed by atoms with Crippen molar-refractivity contribution in [3.05, 3.63) is 60.2 Å². The summed E-state index contributed by atoms with van der Waals surface area (Å²) in [5.74, 6) is -0.131. The van der Waals surface area contributed by atoms with E-state index in [9.17, 15) is 18.3 Å². The number of methoxy groups -OCH3 is 1. The third-order valence-corrected chi connectivity index (χ3v) is 9.24. The number of aliphatic carboxylic acids is 1. The predicted molar refractivity (Wildman–Crippen MR) is 128 cm³/mol. The Morgan fingerprint density at radius 3 is 2.41 bits per heavy atom. The summed E-state index contributed by atoms with van der Waals surface area (Å²) in [5, 5.41) is 9.79. The fraction of sp³-hybridized carbons (Fsp3) is 0.458. The molecule has 1 heterocycles. The second kappa shape index (κ2) is 11.2. The first-order chi connectivity index (χ1) is 15.4. The molecule has 0 saturated carbocycles. The Hall–Kier alpha value is -2.03. The number of carboxylic acids is 1. The van der Waals surface area contributed by atoms with Crippen molar-refractivity contribution in [1.82, 2.24) is 4.31 Å². The maximum absolute atomic E-state index is 13.6. The summed E-state index contributed by atoms with van der Waals surface area (Å²) >= 11 is 1.66. The van der Waals surface area contributed by atoms with Crippen molar-refractivity contribution in [3.63, 3.8) is 0 Å². The quantitative estimate of drug-likeness (QED) is 0.494. The molecule has 1 saturated heterocycles. The van der Waals surface area contributed by atoms with Gasteiger partial charge in [-0.2, -0.15) is 16.1 Å². The van der Waals surface area contributed by atoms with Gasteiger partial charge in [0.1, 0.15) is 5.75 Å². The topological polar surface area (TPSA) is 83.9 Å². The molecule has 2 aromatic carbocycles. The van der Waals surface area contributed by atoms with Crippen molar-refractivity contribution >= 4 is 27.8 Å². The van der Waals surface area contributed by atoms with Crippen molar-refractivity contribution in [1.29, 1.82) is 0 Å². The lowest BCUT2D eigenvalue weighted by Gasteiger charge is -2.41. The van der Waals surface area contributed by atoms with E-state index in [0.29, 0.717) is 12.2 Å². The Morgan fingerprint density at radius 1 is 1.12 bits per heavy atom. The van der Waals surface area contributed by atoms with Gasteiger partial charge in [-0.15, -0.1) is 0 Å². The van der Waals surface area contributed by atoms with Crippen LogP contribution in [0.2, 0.25) is 0 Å². The van der Waals surface area contributed by atoms with E-state index in [2.05, 4.69) is 6.92 Å². The molecule has 0 unspecified atom stereocenters. The predicted octanol–water partition coefficient (Wildman–Crippen LogP) is 4.82. The number of hydrogen-bond donors (Lipinski definition) is 1. The van der Waals surface area contributed by atoms with Gasteiger partial charge in [-0.3, -0.25) is 4.79 Å². The molecule has 1 aliphatic heterocycles. The molecular formula is C24H31NO5S2. The Balaban J connectivity index is 1.97. The Kier molecular flexibility index (Phi) is 8.62. The molecule has 0 bridgehead atoms. The molecule has 6 nitrogen and oxygen atoms in total. The number of nitrogens with zero attached hydrogens (tertiary/aromatic N) is 1. The first-order valence-electron chi connectivity index (χ1n) is 10.9. The highest BCUT2D eigenvalue weighted by atomic mass is 32.2. The molecule has 32 heavy (non-hydrogen) atoms. The number of ether oxygens (including phenoxy) is 1. The minimum atomic E-state index is -3.86. The molecule has 1 aliphatic rings. The van der Waals surface area contributed by atoms with Crippen molar-refractivity contribution in [2.75, 3.05) is 19.4 Å². The van der Waals surface area contributed by atoms with Gasteiger partial charge in [0.25, 0.3) is 0 Å². The summed E-state index contributed by atoms with van der Waals surface area (Å²) in [7, 11) is -2.28. The van der Waals surface area contributed by atoms with Crippen LogP contribution < -0.4 is 4.74 Å². The zero-order valence-electron chi connectivity index (χ0n) is 18.5. The molecule has 0 aliphatic carbocycles. The monoisotopic (exact) mass is 477 g/mol. The largest absolute Gasteiger partial charge is 0.497 e. The highest BCUT2D eigenvalue weighted by molar-refractivity contribution is 7.99. The van der Waals surface area contributed by atoms with Gasteiger partial charge >= 0.3 is 5.97 Å². The molecule has 3 rings (SSSR count). The number of benzene rings is 2. The molecule has 8 heteroatoms. The standard InChI is InChI=1S/C24H31NO5S2/c1-3-4-8-15-31-23-16-22(18-11-13-19(30-2)14-12-18)25(17-21(23)24(26)27)32(28,29)20-9-6-5-7-10-20/h5-7,9-14,21-23H,3-4,8,15-17H2,1-2H3,(H,26,27)/t21-,22+,23-/m1/s1. The number of unbranched alkanes of at least 4 members (excludes halogenated alkanes) is 2. The number of thioether (sulfide) groups is 1. The third kappa shape index (κ3) is 5.66. The van der Waals surface area contributed by atoms with Crippen LogP contribution in [-0.4, -0.2) is 48.5 Å². The van der Waals surface area contributed by atoms with Crippen molar-refractivity contribution in [2.45, 2.75) is 48.8 Å². The number of hydrogen-bond acceptors (Lipinski definition) is 5. The molecule has 0 spiro atoms. The highest BCUT2D eigenvalue weighted by Crippen LogP contribution is 2.42. The lowest BCUT2D eigenvalue weighted by atomic mass is 9.90. The molecule has 2 aromatic rings. The fourth-order valence-electron chi connectivity index (χ4n) is 4.07. The molecule has 1 fully saturated rings. The lowest BCUT2D eigenvalue weighted by Crippen LogP contribution is -2.49. The first-order valence-corrected chi connectivity index (χ1v) is 13.4. The summed E-state index contributed by atoms with van der Waals surface area (Å²) < 4.78 is 33.8. The summed E-state index contributed by atoms with van der Waals surface area (Å²) in [6.07, 6.45) is 3.69. The summed E-state index contributed by atoms with van der Waals surface area (Å²) in [5.41, 5.74) is 0.841.